The number of aryl methyl sites for hydroxylation is 1. The molecule has 0 radical (unpaired) electrons. The Hall–Kier alpha value is -0.830. The number of nitrogens with one attached hydrogen (secondary N) is 1. The summed E-state index contributed by atoms with van der Waals surface area (Å²) in [6.45, 7) is 6.69. The Kier molecular flexibility index (Phi) is 3.42. The molecule has 1 aromatic rings. The van der Waals surface area contributed by atoms with Crippen molar-refractivity contribution in [3.05, 3.63) is 17.5 Å². The van der Waals surface area contributed by atoms with E-state index in [2.05, 4.69) is 35.1 Å². The molecule has 0 spiro atoms. The topological polar surface area (TPSA) is 29.9 Å². The lowest BCUT2D eigenvalue weighted by Crippen LogP contribution is -2.16. The van der Waals surface area contributed by atoms with Crippen LogP contribution in [0.25, 0.3) is 0 Å². The molecule has 0 atom stereocenters. The van der Waals surface area contributed by atoms with Gasteiger partial charge in [-0.05, 0) is 38.0 Å². The maximum atomic E-state index is 4.62. The van der Waals surface area contributed by atoms with Crippen molar-refractivity contribution in [1.29, 1.82) is 0 Å². The molecule has 1 N–H and O–H groups in total. The predicted octanol–water partition coefficient (Wildman–Crippen LogP) is 3.06. The Morgan fingerprint density at radius 3 is 2.72 bits per heavy atom. The van der Waals surface area contributed by atoms with E-state index >= 15 is 0 Å². The third kappa shape index (κ3) is 2.94. The van der Waals surface area contributed by atoms with Crippen LogP contribution in [0.3, 0.4) is 0 Å². The predicted molar refractivity (Wildman–Crippen MR) is 73.5 cm³/mol. The van der Waals surface area contributed by atoms with Crippen molar-refractivity contribution in [2.75, 3.05) is 0 Å². The molecule has 0 bridgehead atoms. The van der Waals surface area contributed by atoms with Gasteiger partial charge in [0, 0.05) is 36.3 Å². The summed E-state index contributed by atoms with van der Waals surface area (Å²) in [5.74, 6) is 1.56. The van der Waals surface area contributed by atoms with E-state index in [0.717, 1.165) is 31.0 Å². The number of rotatable bonds is 7. The van der Waals surface area contributed by atoms with Crippen LogP contribution in [-0.4, -0.2) is 15.8 Å². The van der Waals surface area contributed by atoms with Gasteiger partial charge in [-0.3, -0.25) is 4.68 Å². The second-order valence-corrected chi connectivity index (χ2v) is 6.39. The van der Waals surface area contributed by atoms with Gasteiger partial charge in [-0.1, -0.05) is 13.8 Å². The fourth-order valence-electron chi connectivity index (χ4n) is 2.50. The zero-order valence-electron chi connectivity index (χ0n) is 11.7. The summed E-state index contributed by atoms with van der Waals surface area (Å²) in [5, 5.41) is 8.25. The van der Waals surface area contributed by atoms with Crippen LogP contribution in [0.4, 0.5) is 0 Å². The van der Waals surface area contributed by atoms with Gasteiger partial charge in [0.15, 0.2) is 0 Å². The summed E-state index contributed by atoms with van der Waals surface area (Å²) in [6, 6.07) is 0.788. The molecule has 3 rings (SSSR count). The minimum absolute atomic E-state index is 0.759. The molecule has 0 unspecified atom stereocenters. The average molecular weight is 247 g/mol. The molecule has 2 aliphatic carbocycles. The zero-order chi connectivity index (χ0) is 12.5. The van der Waals surface area contributed by atoms with E-state index < -0.39 is 0 Å². The van der Waals surface area contributed by atoms with Gasteiger partial charge in [0.2, 0.25) is 0 Å². The summed E-state index contributed by atoms with van der Waals surface area (Å²) in [6.07, 6.45) is 8.79. The molecule has 2 fully saturated rings. The van der Waals surface area contributed by atoms with Crippen LogP contribution in [0.1, 0.15) is 63.1 Å². The third-order valence-corrected chi connectivity index (χ3v) is 4.00. The Balaban J connectivity index is 1.67. The lowest BCUT2D eigenvalue weighted by molar-refractivity contribution is 0.475. The molecule has 3 nitrogen and oxygen atoms in total. The van der Waals surface area contributed by atoms with E-state index in [0.29, 0.717) is 0 Å². The second-order valence-electron chi connectivity index (χ2n) is 6.39. The van der Waals surface area contributed by atoms with E-state index in [1.54, 1.807) is 0 Å². The second kappa shape index (κ2) is 5.04. The minimum atomic E-state index is 0.759. The first-order valence-electron chi connectivity index (χ1n) is 7.52. The van der Waals surface area contributed by atoms with Crippen molar-refractivity contribution >= 4 is 0 Å². The van der Waals surface area contributed by atoms with Crippen LogP contribution < -0.4 is 5.32 Å². The largest absolute Gasteiger partial charge is 0.310 e. The van der Waals surface area contributed by atoms with Gasteiger partial charge in [0.05, 0.1) is 6.20 Å². The number of hydrogen-bond acceptors (Lipinski definition) is 2. The summed E-state index contributed by atoms with van der Waals surface area (Å²) in [5.41, 5.74) is 2.98. The van der Waals surface area contributed by atoms with Crippen LogP contribution in [0.15, 0.2) is 6.20 Å². The van der Waals surface area contributed by atoms with Gasteiger partial charge in [0.25, 0.3) is 0 Å². The number of hydrogen-bond donors (Lipinski definition) is 1. The Morgan fingerprint density at radius 2 is 2.11 bits per heavy atom. The molecule has 18 heavy (non-hydrogen) atoms. The molecular weight excluding hydrogens is 222 g/mol. The van der Waals surface area contributed by atoms with Crippen LogP contribution in [0.2, 0.25) is 0 Å². The Morgan fingerprint density at radius 1 is 1.33 bits per heavy atom. The van der Waals surface area contributed by atoms with Crippen LogP contribution in [0, 0.1) is 5.92 Å². The summed E-state index contributed by atoms with van der Waals surface area (Å²) in [4.78, 5) is 0. The van der Waals surface area contributed by atoms with Crippen LogP contribution >= 0.6 is 0 Å². The molecule has 3 heteroatoms. The maximum absolute atomic E-state index is 4.62. The fourth-order valence-corrected chi connectivity index (χ4v) is 2.50. The van der Waals surface area contributed by atoms with Crippen molar-refractivity contribution in [3.63, 3.8) is 0 Å². The smallest absolute Gasteiger partial charge is 0.0537 e. The Bertz CT molecular complexity index is 376. The first-order valence-corrected chi connectivity index (χ1v) is 7.52. The minimum Gasteiger partial charge on any atom is -0.310 e. The highest BCUT2D eigenvalue weighted by molar-refractivity contribution is 5.25. The summed E-state index contributed by atoms with van der Waals surface area (Å²) >= 11 is 0. The van der Waals surface area contributed by atoms with E-state index in [1.807, 2.05) is 0 Å². The highest BCUT2D eigenvalue weighted by Crippen LogP contribution is 2.41. The van der Waals surface area contributed by atoms with Crippen molar-refractivity contribution < 1.29 is 0 Å². The fraction of sp³-hybridized carbons (Fsp3) is 0.800. The van der Waals surface area contributed by atoms with Crippen molar-refractivity contribution in [2.45, 2.75) is 71.0 Å². The van der Waals surface area contributed by atoms with Gasteiger partial charge >= 0.3 is 0 Å². The van der Waals surface area contributed by atoms with Crippen LogP contribution in [0.5, 0.6) is 0 Å². The Labute approximate surface area is 110 Å². The molecular formula is C15H25N3. The molecule has 0 amide bonds. The van der Waals surface area contributed by atoms with Gasteiger partial charge in [-0.2, -0.15) is 5.10 Å². The first-order chi connectivity index (χ1) is 8.74. The standard InChI is InChI=1S/C15H25N3/c1-11(2)7-8-18-15(12-3-4-12)13(10-17-18)9-16-14-5-6-14/h10-12,14,16H,3-9H2,1-2H3. The van der Waals surface area contributed by atoms with Gasteiger partial charge in [0.1, 0.15) is 0 Å². The molecule has 1 heterocycles. The van der Waals surface area contributed by atoms with E-state index in [-0.39, 0.29) is 0 Å². The van der Waals surface area contributed by atoms with Gasteiger partial charge in [-0.15, -0.1) is 0 Å². The van der Waals surface area contributed by atoms with Crippen molar-refractivity contribution in [3.8, 4) is 0 Å². The quantitative estimate of drug-likeness (QED) is 0.802. The molecule has 2 aliphatic rings. The van der Waals surface area contributed by atoms with E-state index in [9.17, 15) is 0 Å². The highest BCUT2D eigenvalue weighted by Gasteiger charge is 2.30. The molecule has 0 aliphatic heterocycles. The van der Waals surface area contributed by atoms with E-state index in [4.69, 9.17) is 0 Å². The maximum Gasteiger partial charge on any atom is 0.0537 e. The van der Waals surface area contributed by atoms with E-state index in [1.165, 1.54) is 43.4 Å². The highest BCUT2D eigenvalue weighted by atomic mass is 15.3. The molecule has 1 aromatic heterocycles. The average Bonchev–Trinajstić information content (AvgIpc) is 3.23. The van der Waals surface area contributed by atoms with Crippen molar-refractivity contribution in [1.82, 2.24) is 15.1 Å². The summed E-state index contributed by atoms with van der Waals surface area (Å²) in [7, 11) is 0. The third-order valence-electron chi connectivity index (χ3n) is 4.00. The monoisotopic (exact) mass is 247 g/mol. The van der Waals surface area contributed by atoms with Crippen molar-refractivity contribution in [2.24, 2.45) is 5.92 Å². The SMILES string of the molecule is CC(C)CCn1ncc(CNC2CC2)c1C1CC1. The van der Waals surface area contributed by atoms with Gasteiger partial charge in [-0.25, -0.2) is 0 Å². The lowest BCUT2D eigenvalue weighted by atomic mass is 10.1. The summed E-state index contributed by atoms with van der Waals surface area (Å²) < 4.78 is 2.28. The first kappa shape index (κ1) is 12.2. The lowest BCUT2D eigenvalue weighted by Gasteiger charge is -2.10. The molecule has 0 saturated heterocycles. The number of nitrogens with zero attached hydrogens (tertiary/aromatic N) is 2. The number of aromatic nitrogens is 2. The van der Waals surface area contributed by atoms with Crippen LogP contribution in [-0.2, 0) is 13.1 Å². The normalized spacial score (nSPS) is 19.7. The van der Waals surface area contributed by atoms with Gasteiger partial charge < -0.3 is 5.32 Å². The molecule has 2 saturated carbocycles. The molecule has 100 valence electrons. The molecule has 0 aromatic carbocycles. The zero-order valence-corrected chi connectivity index (χ0v) is 11.7.